The normalized spacial score (nSPS) is 22.0. The Morgan fingerprint density at radius 1 is 1.30 bits per heavy atom. The van der Waals surface area contributed by atoms with Crippen LogP contribution in [0.1, 0.15) is 42.3 Å². The van der Waals surface area contributed by atoms with E-state index in [1.54, 1.807) is 12.1 Å². The standard InChI is InChI=1S/C20H21FN4S2/c1-13-15-9-11-27-18(15)8-10-23(13)12-24-20(26)25(14-6-7-14)19(22-24)16-4-2-3-5-17(16)21/h2-5,9,11,13-14H,6-8,10,12H2,1H3/p+1/t13-/m1/s1. The van der Waals surface area contributed by atoms with Crippen LogP contribution in [0.3, 0.4) is 0 Å². The number of fused-ring (bicyclic) bond motifs is 1. The van der Waals surface area contributed by atoms with Crippen molar-refractivity contribution in [1.82, 2.24) is 14.3 Å². The van der Waals surface area contributed by atoms with Gasteiger partial charge in [-0.3, -0.25) is 4.57 Å². The lowest BCUT2D eigenvalue weighted by molar-refractivity contribution is -0.954. The molecule has 1 N–H and O–H groups in total. The van der Waals surface area contributed by atoms with Crippen LogP contribution in [-0.2, 0) is 13.1 Å². The molecule has 3 aromatic rings. The van der Waals surface area contributed by atoms with Gasteiger partial charge in [0.1, 0.15) is 11.9 Å². The monoisotopic (exact) mass is 401 g/mol. The van der Waals surface area contributed by atoms with Crippen molar-refractivity contribution in [3.05, 3.63) is 56.7 Å². The highest BCUT2D eigenvalue weighted by Crippen LogP contribution is 2.39. The lowest BCUT2D eigenvalue weighted by Gasteiger charge is -2.30. The summed E-state index contributed by atoms with van der Waals surface area (Å²) in [5.41, 5.74) is 1.99. The summed E-state index contributed by atoms with van der Waals surface area (Å²) in [5.74, 6) is 0.425. The first kappa shape index (κ1) is 17.3. The van der Waals surface area contributed by atoms with Crippen molar-refractivity contribution >= 4 is 23.6 Å². The number of hydrogen-bond donors (Lipinski definition) is 1. The van der Waals surface area contributed by atoms with Gasteiger partial charge in [-0.05, 0) is 55.6 Å². The van der Waals surface area contributed by atoms with E-state index >= 15 is 0 Å². The number of quaternary nitrogens is 1. The van der Waals surface area contributed by atoms with E-state index in [0.717, 1.165) is 32.5 Å². The fourth-order valence-corrected chi connectivity index (χ4v) is 5.39. The van der Waals surface area contributed by atoms with Crippen LogP contribution >= 0.6 is 23.6 Å². The van der Waals surface area contributed by atoms with Crippen LogP contribution in [0, 0.1) is 10.6 Å². The summed E-state index contributed by atoms with van der Waals surface area (Å²) in [4.78, 5) is 2.96. The number of nitrogens with one attached hydrogen (secondary N) is 1. The Morgan fingerprint density at radius 2 is 2.11 bits per heavy atom. The fraction of sp³-hybridized carbons (Fsp3) is 0.400. The molecule has 0 spiro atoms. The molecule has 140 valence electrons. The number of thiophene rings is 1. The summed E-state index contributed by atoms with van der Waals surface area (Å²) < 4.78 is 19.1. The molecule has 2 aromatic heterocycles. The Balaban J connectivity index is 1.52. The number of nitrogens with zero attached hydrogens (tertiary/aromatic N) is 3. The quantitative estimate of drug-likeness (QED) is 0.674. The molecule has 0 bridgehead atoms. The van der Waals surface area contributed by atoms with E-state index in [2.05, 4.69) is 22.9 Å². The summed E-state index contributed by atoms with van der Waals surface area (Å²) in [6.07, 6.45) is 3.28. The summed E-state index contributed by atoms with van der Waals surface area (Å²) in [7, 11) is 0. The highest BCUT2D eigenvalue weighted by atomic mass is 32.1. The zero-order chi connectivity index (χ0) is 18.5. The molecule has 27 heavy (non-hydrogen) atoms. The highest BCUT2D eigenvalue weighted by Gasteiger charge is 2.32. The van der Waals surface area contributed by atoms with Crippen LogP contribution in [0.4, 0.5) is 4.39 Å². The minimum absolute atomic E-state index is 0.242. The lowest BCUT2D eigenvalue weighted by atomic mass is 10.0. The predicted molar refractivity (Wildman–Crippen MR) is 107 cm³/mol. The van der Waals surface area contributed by atoms with Gasteiger partial charge < -0.3 is 4.90 Å². The van der Waals surface area contributed by atoms with E-state index in [4.69, 9.17) is 17.3 Å². The summed E-state index contributed by atoms with van der Waals surface area (Å²) >= 11 is 7.63. The van der Waals surface area contributed by atoms with Crippen molar-refractivity contribution in [3.8, 4) is 11.4 Å². The van der Waals surface area contributed by atoms with E-state index in [-0.39, 0.29) is 5.82 Å². The molecule has 1 saturated carbocycles. The molecule has 7 heteroatoms. The van der Waals surface area contributed by atoms with Gasteiger partial charge in [-0.15, -0.1) is 16.4 Å². The first-order valence-corrected chi connectivity index (χ1v) is 10.8. The smallest absolute Gasteiger partial charge is 0.203 e. The fourth-order valence-electron chi connectivity index (χ4n) is 4.07. The molecule has 1 unspecified atom stereocenters. The molecule has 1 aromatic carbocycles. The average Bonchev–Trinajstić information content (AvgIpc) is 3.28. The van der Waals surface area contributed by atoms with Crippen LogP contribution in [0.5, 0.6) is 0 Å². The predicted octanol–water partition coefficient (Wildman–Crippen LogP) is 3.78. The average molecular weight is 402 g/mol. The summed E-state index contributed by atoms with van der Waals surface area (Å²) in [6.45, 7) is 4.07. The molecule has 5 rings (SSSR count). The number of hydrogen-bond acceptors (Lipinski definition) is 3. The molecular weight excluding hydrogens is 379 g/mol. The number of aromatic nitrogens is 3. The highest BCUT2D eigenvalue weighted by molar-refractivity contribution is 7.71. The van der Waals surface area contributed by atoms with Gasteiger partial charge in [-0.1, -0.05) is 12.1 Å². The third-order valence-electron chi connectivity index (χ3n) is 5.78. The largest absolute Gasteiger partial charge is 0.310 e. The Kier molecular flexibility index (Phi) is 4.26. The van der Waals surface area contributed by atoms with Crippen molar-refractivity contribution in [2.45, 2.75) is 44.9 Å². The Hall–Kier alpha value is -1.83. The van der Waals surface area contributed by atoms with Crippen LogP contribution in [0.25, 0.3) is 11.4 Å². The summed E-state index contributed by atoms with van der Waals surface area (Å²) in [6, 6.07) is 9.88. The second kappa shape index (κ2) is 6.65. The Bertz CT molecular complexity index is 1050. The van der Waals surface area contributed by atoms with E-state index in [0.29, 0.717) is 28.2 Å². The zero-order valence-corrected chi connectivity index (χ0v) is 16.8. The lowest BCUT2D eigenvalue weighted by Crippen LogP contribution is -3.12. The minimum atomic E-state index is -0.242. The van der Waals surface area contributed by atoms with Crippen LogP contribution in [0.2, 0.25) is 0 Å². The van der Waals surface area contributed by atoms with Crippen molar-refractivity contribution in [2.75, 3.05) is 6.54 Å². The van der Waals surface area contributed by atoms with Gasteiger partial charge in [0.05, 0.1) is 12.1 Å². The van der Waals surface area contributed by atoms with Crippen molar-refractivity contribution in [2.24, 2.45) is 0 Å². The Labute approximate surface area is 166 Å². The van der Waals surface area contributed by atoms with Crippen molar-refractivity contribution < 1.29 is 9.29 Å². The summed E-state index contributed by atoms with van der Waals surface area (Å²) in [5, 5.41) is 6.98. The van der Waals surface area contributed by atoms with Crippen molar-refractivity contribution in [3.63, 3.8) is 0 Å². The molecule has 4 nitrogen and oxygen atoms in total. The molecule has 2 aliphatic rings. The molecule has 0 amide bonds. The van der Waals surface area contributed by atoms with E-state index < -0.39 is 0 Å². The molecule has 1 aliphatic heterocycles. The topological polar surface area (TPSA) is 27.2 Å². The van der Waals surface area contributed by atoms with Crippen molar-refractivity contribution in [1.29, 1.82) is 0 Å². The van der Waals surface area contributed by atoms with Gasteiger partial charge in [0.2, 0.25) is 4.77 Å². The minimum Gasteiger partial charge on any atom is -0.310 e. The Morgan fingerprint density at radius 3 is 2.89 bits per heavy atom. The van der Waals surface area contributed by atoms with E-state index in [1.165, 1.54) is 21.4 Å². The van der Waals surface area contributed by atoms with E-state index in [9.17, 15) is 4.39 Å². The second-order valence-electron chi connectivity index (χ2n) is 7.52. The second-order valence-corrected chi connectivity index (χ2v) is 8.89. The molecule has 0 saturated heterocycles. The van der Waals surface area contributed by atoms with Gasteiger partial charge in [0, 0.05) is 22.9 Å². The van der Waals surface area contributed by atoms with Gasteiger partial charge in [0.25, 0.3) is 0 Å². The third-order valence-corrected chi connectivity index (χ3v) is 7.19. The molecule has 2 atom stereocenters. The molecule has 1 aliphatic carbocycles. The number of rotatable bonds is 4. The van der Waals surface area contributed by atoms with Gasteiger partial charge in [-0.2, -0.15) is 4.68 Å². The van der Waals surface area contributed by atoms with Crippen LogP contribution in [-0.4, -0.2) is 20.9 Å². The number of benzene rings is 1. The molecule has 3 heterocycles. The molecule has 1 fully saturated rings. The first-order valence-electron chi connectivity index (χ1n) is 9.48. The van der Waals surface area contributed by atoms with Gasteiger partial charge in [-0.25, -0.2) is 4.39 Å². The maximum Gasteiger partial charge on any atom is 0.203 e. The third kappa shape index (κ3) is 2.98. The first-order chi connectivity index (χ1) is 13.1. The maximum atomic E-state index is 14.4. The van der Waals surface area contributed by atoms with Crippen LogP contribution < -0.4 is 4.90 Å². The number of halogens is 1. The SMILES string of the molecule is C[C@@H]1c2ccsc2CC[NH+]1Cn1nc(-c2ccccc2F)n(C2CC2)c1=S. The van der Waals surface area contributed by atoms with Gasteiger partial charge in [0.15, 0.2) is 12.5 Å². The van der Waals surface area contributed by atoms with Crippen LogP contribution in [0.15, 0.2) is 35.7 Å². The van der Waals surface area contributed by atoms with E-state index in [1.807, 2.05) is 22.1 Å². The molecule has 0 radical (unpaired) electrons. The van der Waals surface area contributed by atoms with Gasteiger partial charge >= 0.3 is 0 Å². The maximum absolute atomic E-state index is 14.4. The molecular formula is C20H22FN4S2+. The zero-order valence-electron chi connectivity index (χ0n) is 15.2.